The molecule has 4 heteroatoms. The lowest BCUT2D eigenvalue weighted by Gasteiger charge is -2.32. The predicted octanol–water partition coefficient (Wildman–Crippen LogP) is 3.19. The van der Waals surface area contributed by atoms with Crippen LogP contribution in [0.1, 0.15) is 19.4 Å². The molecule has 2 rings (SSSR count). The molecule has 112 valence electrons. The summed E-state index contributed by atoms with van der Waals surface area (Å²) in [5.41, 5.74) is 6.65. The Morgan fingerprint density at radius 3 is 2.33 bits per heavy atom. The van der Waals surface area contributed by atoms with E-state index in [1.807, 2.05) is 36.4 Å². The lowest BCUT2D eigenvalue weighted by atomic mass is 10.0. The molecule has 0 unspecified atom stereocenters. The number of benzene rings is 2. The Labute approximate surface area is 131 Å². The van der Waals surface area contributed by atoms with E-state index in [9.17, 15) is 0 Å². The van der Waals surface area contributed by atoms with Gasteiger partial charge in [0.1, 0.15) is 17.3 Å². The van der Waals surface area contributed by atoms with E-state index in [0.29, 0.717) is 11.6 Å². The second-order valence-corrected chi connectivity index (χ2v) is 6.46. The summed E-state index contributed by atoms with van der Waals surface area (Å²) in [6.07, 6.45) is 0. The summed E-state index contributed by atoms with van der Waals surface area (Å²) in [6.45, 7) is 4.91. The van der Waals surface area contributed by atoms with Crippen molar-refractivity contribution in [2.75, 3.05) is 20.7 Å². The van der Waals surface area contributed by atoms with Gasteiger partial charge in [-0.3, -0.25) is 0 Å². The Morgan fingerprint density at radius 1 is 1.14 bits per heavy atom. The summed E-state index contributed by atoms with van der Waals surface area (Å²) in [6, 6.07) is 11.9. The molecule has 0 saturated heterocycles. The van der Waals surface area contributed by atoms with Gasteiger partial charge in [0.15, 0.2) is 0 Å². The topological polar surface area (TPSA) is 38.5 Å². The summed E-state index contributed by atoms with van der Waals surface area (Å²) in [5, 5.41) is 2.07. The molecule has 0 fully saturated rings. The van der Waals surface area contributed by atoms with E-state index in [2.05, 4.69) is 32.8 Å². The molecule has 0 saturated carbocycles. The predicted molar refractivity (Wildman–Crippen MR) is 93.1 cm³/mol. The summed E-state index contributed by atoms with van der Waals surface area (Å²) in [5.74, 6) is 0.862. The fourth-order valence-electron chi connectivity index (χ4n) is 2.00. The molecule has 0 amide bonds. The minimum atomic E-state index is -0.0387. The number of ether oxygens (including phenoxy) is 1. The Bertz CT molecular complexity index is 665. The second kappa shape index (κ2) is 6.00. The highest BCUT2D eigenvalue weighted by atomic mass is 32.1. The zero-order valence-corrected chi connectivity index (χ0v) is 13.8. The third kappa shape index (κ3) is 3.34. The average Bonchev–Trinajstić information content (AvgIpc) is 2.44. The minimum absolute atomic E-state index is 0.0387. The summed E-state index contributed by atoms with van der Waals surface area (Å²) in [4.78, 5) is 2.56. The lowest BCUT2D eigenvalue weighted by Crippen LogP contribution is -2.43. The van der Waals surface area contributed by atoms with Crippen LogP contribution in [0.2, 0.25) is 0 Å². The summed E-state index contributed by atoms with van der Waals surface area (Å²) < 4.78 is 6.05. The molecule has 0 bridgehead atoms. The molecule has 2 N–H and O–H groups in total. The standard InChI is InChI=1S/C17H22N2OS/c1-17(2,19(3)4)11-20-15-10-9-14(16(18)21)12-7-5-6-8-13(12)15/h5-10H,11H2,1-4H3,(H2,18,21). The Morgan fingerprint density at radius 2 is 1.76 bits per heavy atom. The van der Waals surface area contributed by atoms with E-state index in [0.717, 1.165) is 22.1 Å². The molecular weight excluding hydrogens is 280 g/mol. The molecule has 0 atom stereocenters. The fraction of sp³-hybridized carbons (Fsp3) is 0.353. The van der Waals surface area contributed by atoms with Crippen LogP contribution in [0.25, 0.3) is 10.8 Å². The van der Waals surface area contributed by atoms with E-state index in [1.54, 1.807) is 0 Å². The molecular formula is C17H22N2OS. The van der Waals surface area contributed by atoms with Gasteiger partial charge in [0.25, 0.3) is 0 Å². The van der Waals surface area contributed by atoms with E-state index < -0.39 is 0 Å². The van der Waals surface area contributed by atoms with Crippen LogP contribution in [0, 0.1) is 0 Å². The zero-order chi connectivity index (χ0) is 15.6. The smallest absolute Gasteiger partial charge is 0.127 e. The van der Waals surface area contributed by atoms with Gasteiger partial charge < -0.3 is 15.4 Å². The molecule has 2 aromatic carbocycles. The first-order valence-electron chi connectivity index (χ1n) is 6.95. The number of rotatable bonds is 5. The van der Waals surface area contributed by atoms with Crippen LogP contribution in [0.5, 0.6) is 5.75 Å². The van der Waals surface area contributed by atoms with Crippen molar-refractivity contribution in [1.82, 2.24) is 4.90 Å². The number of hydrogen-bond acceptors (Lipinski definition) is 3. The highest BCUT2D eigenvalue weighted by Gasteiger charge is 2.21. The number of likely N-dealkylation sites (N-methyl/N-ethyl adjacent to an activating group) is 1. The Hall–Kier alpha value is -1.65. The van der Waals surface area contributed by atoms with Gasteiger partial charge in [-0.05, 0) is 45.5 Å². The molecule has 0 aliphatic heterocycles. The number of nitrogens with zero attached hydrogens (tertiary/aromatic N) is 1. The SMILES string of the molecule is CN(C)C(C)(C)COc1ccc(C(N)=S)c2ccccc12. The first kappa shape index (κ1) is 15.7. The number of thiocarbonyl (C=S) groups is 1. The van der Waals surface area contributed by atoms with Gasteiger partial charge >= 0.3 is 0 Å². The second-order valence-electron chi connectivity index (χ2n) is 6.02. The minimum Gasteiger partial charge on any atom is -0.491 e. The van der Waals surface area contributed by atoms with Gasteiger partial charge in [-0.25, -0.2) is 0 Å². The van der Waals surface area contributed by atoms with Gasteiger partial charge in [0, 0.05) is 16.5 Å². The van der Waals surface area contributed by atoms with Gasteiger partial charge in [-0.1, -0.05) is 36.5 Å². The monoisotopic (exact) mass is 302 g/mol. The third-order valence-electron chi connectivity index (χ3n) is 3.94. The van der Waals surface area contributed by atoms with E-state index >= 15 is 0 Å². The maximum absolute atomic E-state index is 6.05. The summed E-state index contributed by atoms with van der Waals surface area (Å²) >= 11 is 5.12. The highest BCUT2D eigenvalue weighted by Crippen LogP contribution is 2.29. The van der Waals surface area contributed by atoms with Crippen LogP contribution in [-0.4, -0.2) is 36.1 Å². The maximum atomic E-state index is 6.05. The van der Waals surface area contributed by atoms with Crippen LogP contribution < -0.4 is 10.5 Å². The molecule has 2 aromatic rings. The molecule has 0 heterocycles. The molecule has 3 nitrogen and oxygen atoms in total. The summed E-state index contributed by atoms with van der Waals surface area (Å²) in [7, 11) is 4.11. The Balaban J connectivity index is 2.38. The van der Waals surface area contributed by atoms with Crippen LogP contribution in [-0.2, 0) is 0 Å². The van der Waals surface area contributed by atoms with E-state index in [1.165, 1.54) is 0 Å². The van der Waals surface area contributed by atoms with Crippen molar-refractivity contribution < 1.29 is 4.74 Å². The van der Waals surface area contributed by atoms with Crippen molar-refractivity contribution in [3.05, 3.63) is 42.0 Å². The van der Waals surface area contributed by atoms with Crippen LogP contribution >= 0.6 is 12.2 Å². The first-order valence-corrected chi connectivity index (χ1v) is 7.35. The molecule has 0 radical (unpaired) electrons. The van der Waals surface area contributed by atoms with Crippen molar-refractivity contribution in [2.24, 2.45) is 5.73 Å². The van der Waals surface area contributed by atoms with Crippen molar-refractivity contribution in [3.8, 4) is 5.75 Å². The molecule has 0 aromatic heterocycles. The van der Waals surface area contributed by atoms with Crippen molar-refractivity contribution in [2.45, 2.75) is 19.4 Å². The van der Waals surface area contributed by atoms with Crippen LogP contribution in [0.15, 0.2) is 36.4 Å². The van der Waals surface area contributed by atoms with Crippen molar-refractivity contribution >= 4 is 28.0 Å². The molecule has 21 heavy (non-hydrogen) atoms. The highest BCUT2D eigenvalue weighted by molar-refractivity contribution is 7.80. The van der Waals surface area contributed by atoms with E-state index in [-0.39, 0.29) is 5.54 Å². The molecule has 0 spiro atoms. The van der Waals surface area contributed by atoms with Gasteiger partial charge in [0.05, 0.1) is 0 Å². The van der Waals surface area contributed by atoms with Crippen molar-refractivity contribution in [3.63, 3.8) is 0 Å². The Kier molecular flexibility index (Phi) is 4.49. The van der Waals surface area contributed by atoms with Gasteiger partial charge in [-0.2, -0.15) is 0 Å². The number of fused-ring (bicyclic) bond motifs is 1. The third-order valence-corrected chi connectivity index (χ3v) is 4.16. The first-order chi connectivity index (χ1) is 9.83. The van der Waals surface area contributed by atoms with E-state index in [4.69, 9.17) is 22.7 Å². The van der Waals surface area contributed by atoms with Crippen LogP contribution in [0.4, 0.5) is 0 Å². The normalized spacial score (nSPS) is 11.9. The average molecular weight is 302 g/mol. The fourth-order valence-corrected chi connectivity index (χ4v) is 2.17. The van der Waals surface area contributed by atoms with Gasteiger partial charge in [-0.15, -0.1) is 0 Å². The van der Waals surface area contributed by atoms with Gasteiger partial charge in [0.2, 0.25) is 0 Å². The molecule has 0 aliphatic rings. The molecule has 0 aliphatic carbocycles. The van der Waals surface area contributed by atoms with Crippen molar-refractivity contribution in [1.29, 1.82) is 0 Å². The number of hydrogen-bond donors (Lipinski definition) is 1. The zero-order valence-electron chi connectivity index (χ0n) is 13.0. The maximum Gasteiger partial charge on any atom is 0.127 e. The lowest BCUT2D eigenvalue weighted by molar-refractivity contribution is 0.115. The van der Waals surface area contributed by atoms with Crippen LogP contribution in [0.3, 0.4) is 0 Å². The quantitative estimate of drug-likeness (QED) is 0.861. The largest absolute Gasteiger partial charge is 0.491 e. The number of nitrogens with two attached hydrogens (primary N) is 1.